The molecule has 1 aromatic carbocycles. The van der Waals surface area contributed by atoms with Gasteiger partial charge in [-0.2, -0.15) is 4.98 Å². The molecule has 2 N–H and O–H groups in total. The molecule has 5 heteroatoms. The van der Waals surface area contributed by atoms with Crippen LogP contribution in [-0.4, -0.2) is 21.8 Å². The van der Waals surface area contributed by atoms with Crippen LogP contribution >= 0.6 is 11.8 Å². The maximum atomic E-state index is 4.69. The lowest BCUT2D eigenvalue weighted by molar-refractivity contribution is 0.625. The van der Waals surface area contributed by atoms with Gasteiger partial charge in [0.2, 0.25) is 5.95 Å². The highest BCUT2D eigenvalue weighted by atomic mass is 32.2. The number of nitrogens with one attached hydrogen (secondary N) is 2. The number of benzene rings is 1. The maximum Gasteiger partial charge on any atom is 0.225 e. The fourth-order valence-electron chi connectivity index (χ4n) is 2.36. The molecule has 0 saturated heterocycles. The van der Waals surface area contributed by atoms with E-state index in [9.17, 15) is 0 Å². The van der Waals surface area contributed by atoms with Gasteiger partial charge in [-0.05, 0) is 58.1 Å². The lowest BCUT2D eigenvalue weighted by Crippen LogP contribution is -2.27. The first-order chi connectivity index (χ1) is 10.9. The summed E-state index contributed by atoms with van der Waals surface area (Å²) in [7, 11) is 0. The molecule has 23 heavy (non-hydrogen) atoms. The van der Waals surface area contributed by atoms with Crippen molar-refractivity contribution in [3.63, 3.8) is 0 Å². The molecular formula is C18H24N4S. The van der Waals surface area contributed by atoms with E-state index in [0.29, 0.717) is 11.9 Å². The van der Waals surface area contributed by atoms with Gasteiger partial charge in [0, 0.05) is 28.1 Å². The first-order valence-electron chi connectivity index (χ1n) is 8.01. The normalized spacial score (nSPS) is 14.6. The predicted molar refractivity (Wildman–Crippen MR) is 98.9 cm³/mol. The van der Waals surface area contributed by atoms with Crippen LogP contribution in [0.15, 0.2) is 35.2 Å². The molecule has 1 fully saturated rings. The average Bonchev–Trinajstić information content (AvgIpc) is 3.30. The lowest BCUT2D eigenvalue weighted by atomic mass is 10.1. The van der Waals surface area contributed by atoms with Gasteiger partial charge < -0.3 is 10.6 Å². The van der Waals surface area contributed by atoms with Gasteiger partial charge in [-0.1, -0.05) is 6.07 Å². The van der Waals surface area contributed by atoms with Crippen LogP contribution in [-0.2, 0) is 0 Å². The number of thioether (sulfide) groups is 1. The molecule has 1 aliphatic carbocycles. The Bertz CT molecular complexity index is 690. The lowest BCUT2D eigenvalue weighted by Gasteiger charge is -2.21. The van der Waals surface area contributed by atoms with Gasteiger partial charge in [0.15, 0.2) is 0 Å². The Labute approximate surface area is 142 Å². The monoisotopic (exact) mass is 328 g/mol. The van der Waals surface area contributed by atoms with Crippen molar-refractivity contribution in [1.82, 2.24) is 9.97 Å². The molecule has 3 rings (SSSR count). The van der Waals surface area contributed by atoms with Crippen LogP contribution in [0.1, 0.15) is 45.2 Å². The topological polar surface area (TPSA) is 49.8 Å². The third kappa shape index (κ3) is 4.61. The van der Waals surface area contributed by atoms with Crippen molar-refractivity contribution in [2.45, 2.75) is 50.0 Å². The summed E-state index contributed by atoms with van der Waals surface area (Å²) < 4.78 is 0. The molecular weight excluding hydrogens is 304 g/mol. The number of hydrogen-bond donors (Lipinski definition) is 2. The quantitative estimate of drug-likeness (QED) is 0.754. The van der Waals surface area contributed by atoms with Gasteiger partial charge in [0.25, 0.3) is 0 Å². The molecule has 4 nitrogen and oxygen atoms in total. The van der Waals surface area contributed by atoms with Crippen molar-refractivity contribution in [3.05, 3.63) is 36.0 Å². The molecule has 0 unspecified atom stereocenters. The number of anilines is 3. The van der Waals surface area contributed by atoms with Crippen molar-refractivity contribution >= 4 is 29.2 Å². The Morgan fingerprint density at radius 3 is 2.57 bits per heavy atom. The van der Waals surface area contributed by atoms with Crippen LogP contribution in [0.5, 0.6) is 0 Å². The van der Waals surface area contributed by atoms with Gasteiger partial charge in [0.1, 0.15) is 5.82 Å². The van der Waals surface area contributed by atoms with E-state index < -0.39 is 0 Å². The molecule has 0 radical (unpaired) electrons. The Balaban J connectivity index is 1.87. The number of rotatable bonds is 5. The van der Waals surface area contributed by atoms with Gasteiger partial charge in [-0.25, -0.2) is 4.98 Å². The van der Waals surface area contributed by atoms with Gasteiger partial charge in [-0.3, -0.25) is 0 Å². The summed E-state index contributed by atoms with van der Waals surface area (Å²) in [6.45, 7) is 6.36. The van der Waals surface area contributed by atoms with Crippen LogP contribution in [0, 0.1) is 0 Å². The molecule has 2 aromatic rings. The molecule has 0 bridgehead atoms. The summed E-state index contributed by atoms with van der Waals surface area (Å²) in [5.74, 6) is 2.15. The minimum Gasteiger partial charge on any atom is -0.350 e. The average molecular weight is 328 g/mol. The van der Waals surface area contributed by atoms with Crippen LogP contribution in [0.3, 0.4) is 0 Å². The van der Waals surface area contributed by atoms with E-state index in [0.717, 1.165) is 17.2 Å². The summed E-state index contributed by atoms with van der Waals surface area (Å²) >= 11 is 1.74. The highest BCUT2D eigenvalue weighted by Crippen LogP contribution is 2.40. The van der Waals surface area contributed by atoms with E-state index >= 15 is 0 Å². The second kappa shape index (κ2) is 6.40. The maximum absolute atomic E-state index is 4.69. The van der Waals surface area contributed by atoms with Crippen LogP contribution in [0.25, 0.3) is 0 Å². The van der Waals surface area contributed by atoms with Crippen molar-refractivity contribution in [1.29, 1.82) is 0 Å². The third-order valence-electron chi connectivity index (χ3n) is 3.57. The third-order valence-corrected chi connectivity index (χ3v) is 4.30. The Kier molecular flexibility index (Phi) is 4.48. The Morgan fingerprint density at radius 2 is 1.91 bits per heavy atom. The zero-order valence-corrected chi connectivity index (χ0v) is 15.0. The summed E-state index contributed by atoms with van der Waals surface area (Å²) in [5.41, 5.74) is 2.13. The molecule has 0 amide bonds. The first-order valence-corrected chi connectivity index (χ1v) is 9.24. The Hall–Kier alpha value is -1.75. The molecule has 0 aliphatic heterocycles. The Morgan fingerprint density at radius 1 is 1.13 bits per heavy atom. The fraction of sp³-hybridized carbons (Fsp3) is 0.444. The highest BCUT2D eigenvalue weighted by molar-refractivity contribution is 7.98. The van der Waals surface area contributed by atoms with Gasteiger partial charge in [0.05, 0.1) is 5.69 Å². The number of hydrogen-bond acceptors (Lipinski definition) is 5. The highest BCUT2D eigenvalue weighted by Gasteiger charge is 2.26. The summed E-state index contributed by atoms with van der Waals surface area (Å²) in [4.78, 5) is 10.6. The van der Waals surface area contributed by atoms with Crippen molar-refractivity contribution < 1.29 is 0 Å². The number of aromatic nitrogens is 2. The van der Waals surface area contributed by atoms with Crippen LogP contribution in [0.2, 0.25) is 0 Å². The van der Waals surface area contributed by atoms with E-state index in [-0.39, 0.29) is 5.54 Å². The molecule has 0 atom stereocenters. The number of nitrogens with zero attached hydrogens (tertiary/aromatic N) is 2. The van der Waals surface area contributed by atoms with E-state index in [4.69, 9.17) is 0 Å². The van der Waals surface area contributed by atoms with Crippen molar-refractivity contribution in [2.24, 2.45) is 0 Å². The molecule has 0 spiro atoms. The fourth-order valence-corrected chi connectivity index (χ4v) is 2.82. The molecule has 1 heterocycles. The molecule has 122 valence electrons. The first kappa shape index (κ1) is 16.1. The van der Waals surface area contributed by atoms with Crippen LogP contribution in [0.4, 0.5) is 17.5 Å². The minimum atomic E-state index is -0.0573. The smallest absolute Gasteiger partial charge is 0.225 e. The SMILES string of the molecule is CSc1cccc(Nc2cc(C3CC3)nc(NC(C)(C)C)n2)c1. The summed E-state index contributed by atoms with van der Waals surface area (Å²) in [6, 6.07) is 10.5. The molecule has 1 aromatic heterocycles. The van der Waals surface area contributed by atoms with E-state index in [1.807, 2.05) is 0 Å². The zero-order chi connectivity index (χ0) is 16.4. The van der Waals surface area contributed by atoms with E-state index in [1.165, 1.54) is 17.7 Å². The van der Waals surface area contributed by atoms with E-state index in [2.05, 4.69) is 78.0 Å². The largest absolute Gasteiger partial charge is 0.350 e. The molecule has 1 aliphatic rings. The second-order valence-corrected chi connectivity index (χ2v) is 7.89. The van der Waals surface area contributed by atoms with Gasteiger partial charge in [-0.15, -0.1) is 11.8 Å². The second-order valence-electron chi connectivity index (χ2n) is 7.01. The summed E-state index contributed by atoms with van der Waals surface area (Å²) in [5, 5.41) is 6.81. The zero-order valence-electron chi connectivity index (χ0n) is 14.2. The summed E-state index contributed by atoms with van der Waals surface area (Å²) in [6.07, 6.45) is 4.54. The minimum absolute atomic E-state index is 0.0573. The standard InChI is InChI=1S/C18H24N4S/c1-18(2,3)22-17-20-15(12-8-9-12)11-16(21-17)19-13-6-5-7-14(10-13)23-4/h5-7,10-12H,8-9H2,1-4H3,(H2,19,20,21,22). The predicted octanol–water partition coefficient (Wildman–Crippen LogP) is 5.03. The van der Waals surface area contributed by atoms with Crippen LogP contribution < -0.4 is 10.6 Å². The van der Waals surface area contributed by atoms with Crippen molar-refractivity contribution in [2.75, 3.05) is 16.9 Å². The van der Waals surface area contributed by atoms with Crippen molar-refractivity contribution in [3.8, 4) is 0 Å². The molecule has 1 saturated carbocycles. The van der Waals surface area contributed by atoms with Gasteiger partial charge >= 0.3 is 0 Å². The van der Waals surface area contributed by atoms with E-state index in [1.54, 1.807) is 11.8 Å².